The van der Waals surface area contributed by atoms with Crippen molar-refractivity contribution in [1.82, 2.24) is 10.6 Å². The van der Waals surface area contributed by atoms with E-state index in [1.165, 1.54) is 51.4 Å². The lowest BCUT2D eigenvalue weighted by Gasteiger charge is -2.29. The van der Waals surface area contributed by atoms with Gasteiger partial charge in [-0.05, 0) is 32.1 Å². The van der Waals surface area contributed by atoms with Crippen LogP contribution in [0.15, 0.2) is 0 Å². The van der Waals surface area contributed by atoms with Crippen molar-refractivity contribution in [1.29, 1.82) is 0 Å². The predicted octanol–water partition coefficient (Wildman–Crippen LogP) is 2.99. The van der Waals surface area contributed by atoms with Gasteiger partial charge in [0, 0.05) is 25.0 Å². The Morgan fingerprint density at radius 2 is 1.89 bits per heavy atom. The summed E-state index contributed by atoms with van der Waals surface area (Å²) in [7, 11) is 0. The van der Waals surface area contributed by atoms with Crippen LogP contribution in [0.25, 0.3) is 0 Å². The average molecular weight is 266 g/mol. The van der Waals surface area contributed by atoms with Crippen LogP contribution in [0.3, 0.4) is 0 Å². The minimum absolute atomic E-state index is 0.255. The lowest BCUT2D eigenvalue weighted by atomic mass is 9.86. The third-order valence-electron chi connectivity index (χ3n) is 4.76. The maximum atomic E-state index is 11.9. The van der Waals surface area contributed by atoms with E-state index in [2.05, 4.69) is 17.6 Å². The first-order valence-electron chi connectivity index (χ1n) is 8.27. The molecule has 0 aromatic carbocycles. The van der Waals surface area contributed by atoms with Gasteiger partial charge in [-0.15, -0.1) is 0 Å². The van der Waals surface area contributed by atoms with E-state index in [-0.39, 0.29) is 5.91 Å². The number of nitrogens with one attached hydrogen (secondary N) is 2. The monoisotopic (exact) mass is 266 g/mol. The number of carbonyl (C=O) groups is 1. The van der Waals surface area contributed by atoms with Crippen LogP contribution < -0.4 is 10.6 Å². The summed E-state index contributed by atoms with van der Waals surface area (Å²) >= 11 is 0. The second-order valence-electron chi connectivity index (χ2n) is 6.54. The van der Waals surface area contributed by atoms with Crippen LogP contribution in [0.4, 0.5) is 0 Å². The molecule has 3 nitrogen and oxygen atoms in total. The normalized spacial score (nSPS) is 29.1. The van der Waals surface area contributed by atoms with E-state index in [4.69, 9.17) is 0 Å². The van der Waals surface area contributed by atoms with E-state index < -0.39 is 0 Å². The SMILES string of the molecule is CC1CCCC(CNC(=O)CCC2CCCCC2)N1. The van der Waals surface area contributed by atoms with Crippen molar-refractivity contribution in [2.75, 3.05) is 6.54 Å². The summed E-state index contributed by atoms with van der Waals surface area (Å²) in [6, 6.07) is 1.10. The van der Waals surface area contributed by atoms with Gasteiger partial charge in [0.05, 0.1) is 0 Å². The molecule has 2 rings (SSSR count). The molecule has 110 valence electrons. The number of amides is 1. The average Bonchev–Trinajstić information content (AvgIpc) is 2.44. The Bertz CT molecular complexity index is 274. The summed E-state index contributed by atoms with van der Waals surface area (Å²) in [6.45, 7) is 3.05. The molecule has 2 N–H and O–H groups in total. The highest BCUT2D eigenvalue weighted by molar-refractivity contribution is 5.75. The molecule has 1 aliphatic carbocycles. The van der Waals surface area contributed by atoms with Crippen molar-refractivity contribution >= 4 is 5.91 Å². The van der Waals surface area contributed by atoms with Crippen LogP contribution in [0, 0.1) is 5.92 Å². The van der Waals surface area contributed by atoms with Crippen molar-refractivity contribution in [3.63, 3.8) is 0 Å². The zero-order chi connectivity index (χ0) is 13.5. The van der Waals surface area contributed by atoms with Gasteiger partial charge in [0.1, 0.15) is 0 Å². The third-order valence-corrected chi connectivity index (χ3v) is 4.76. The first kappa shape index (κ1) is 14.8. The second kappa shape index (κ2) is 7.88. The lowest BCUT2D eigenvalue weighted by Crippen LogP contribution is -2.47. The van der Waals surface area contributed by atoms with E-state index in [1.54, 1.807) is 0 Å². The molecule has 3 heteroatoms. The first-order valence-corrected chi connectivity index (χ1v) is 8.27. The summed E-state index contributed by atoms with van der Waals surface area (Å²) in [4.78, 5) is 11.9. The highest BCUT2D eigenvalue weighted by Gasteiger charge is 2.19. The molecule has 0 radical (unpaired) electrons. The van der Waals surface area contributed by atoms with E-state index in [1.807, 2.05) is 0 Å². The van der Waals surface area contributed by atoms with Gasteiger partial charge in [0.25, 0.3) is 0 Å². The van der Waals surface area contributed by atoms with Gasteiger partial charge in [-0.1, -0.05) is 38.5 Å². The first-order chi connectivity index (χ1) is 9.24. The Morgan fingerprint density at radius 1 is 1.11 bits per heavy atom. The zero-order valence-electron chi connectivity index (χ0n) is 12.4. The molecular formula is C16H30N2O. The second-order valence-corrected chi connectivity index (χ2v) is 6.54. The van der Waals surface area contributed by atoms with Crippen molar-refractivity contribution in [3.8, 4) is 0 Å². The van der Waals surface area contributed by atoms with E-state index >= 15 is 0 Å². The maximum absolute atomic E-state index is 11.9. The molecule has 1 saturated carbocycles. The molecule has 2 aliphatic rings. The Labute approximate surface area is 117 Å². The van der Waals surface area contributed by atoms with Crippen LogP contribution in [-0.4, -0.2) is 24.5 Å². The predicted molar refractivity (Wildman–Crippen MR) is 79.1 cm³/mol. The highest BCUT2D eigenvalue weighted by Crippen LogP contribution is 2.27. The summed E-state index contributed by atoms with van der Waals surface area (Å²) in [5, 5.41) is 6.67. The van der Waals surface area contributed by atoms with Crippen LogP contribution >= 0.6 is 0 Å². The fraction of sp³-hybridized carbons (Fsp3) is 0.938. The standard InChI is InChI=1S/C16H30N2O/c1-13-6-5-9-15(18-13)12-17-16(19)11-10-14-7-3-2-4-8-14/h13-15,18H,2-12H2,1H3,(H,17,19). The maximum Gasteiger partial charge on any atom is 0.220 e. The van der Waals surface area contributed by atoms with Crippen molar-refractivity contribution in [2.24, 2.45) is 5.92 Å². The summed E-state index contributed by atoms with van der Waals surface area (Å²) in [6.07, 6.45) is 12.4. The lowest BCUT2D eigenvalue weighted by molar-refractivity contribution is -0.121. The fourth-order valence-corrected chi connectivity index (χ4v) is 3.54. The van der Waals surface area contributed by atoms with Gasteiger partial charge < -0.3 is 10.6 Å². The number of hydrogen-bond acceptors (Lipinski definition) is 2. The molecule has 1 heterocycles. The molecule has 19 heavy (non-hydrogen) atoms. The molecule has 2 atom stereocenters. The highest BCUT2D eigenvalue weighted by atomic mass is 16.1. The zero-order valence-corrected chi connectivity index (χ0v) is 12.4. The van der Waals surface area contributed by atoms with Crippen LogP contribution in [0.5, 0.6) is 0 Å². The molecule has 1 aliphatic heterocycles. The molecule has 1 amide bonds. The Morgan fingerprint density at radius 3 is 2.63 bits per heavy atom. The largest absolute Gasteiger partial charge is 0.355 e. The Kier molecular flexibility index (Phi) is 6.15. The molecule has 1 saturated heterocycles. The topological polar surface area (TPSA) is 41.1 Å². The van der Waals surface area contributed by atoms with Gasteiger partial charge in [-0.25, -0.2) is 0 Å². The quantitative estimate of drug-likeness (QED) is 0.803. The molecule has 0 aromatic heterocycles. The van der Waals surface area contributed by atoms with Crippen molar-refractivity contribution in [2.45, 2.75) is 83.2 Å². The summed E-state index contributed by atoms with van der Waals surface area (Å²) < 4.78 is 0. The number of piperidine rings is 1. The summed E-state index contributed by atoms with van der Waals surface area (Å²) in [5.74, 6) is 1.07. The number of carbonyl (C=O) groups excluding carboxylic acids is 1. The smallest absolute Gasteiger partial charge is 0.220 e. The number of rotatable bonds is 5. The van der Waals surface area contributed by atoms with Crippen LogP contribution in [0.1, 0.15) is 71.1 Å². The van der Waals surface area contributed by atoms with Crippen molar-refractivity contribution < 1.29 is 4.79 Å². The van der Waals surface area contributed by atoms with Gasteiger partial charge in [0.2, 0.25) is 5.91 Å². The van der Waals surface area contributed by atoms with Gasteiger partial charge in [-0.3, -0.25) is 4.79 Å². The molecule has 0 aromatic rings. The molecule has 2 unspecified atom stereocenters. The van der Waals surface area contributed by atoms with E-state index in [0.29, 0.717) is 12.1 Å². The molecule has 0 bridgehead atoms. The molecule has 0 spiro atoms. The van der Waals surface area contributed by atoms with Crippen molar-refractivity contribution in [3.05, 3.63) is 0 Å². The fourth-order valence-electron chi connectivity index (χ4n) is 3.54. The van der Waals surface area contributed by atoms with E-state index in [0.717, 1.165) is 25.3 Å². The minimum Gasteiger partial charge on any atom is -0.355 e. The van der Waals surface area contributed by atoms with Crippen LogP contribution in [0.2, 0.25) is 0 Å². The minimum atomic E-state index is 0.255. The Hall–Kier alpha value is -0.570. The molecular weight excluding hydrogens is 236 g/mol. The summed E-state index contributed by atoms with van der Waals surface area (Å²) in [5.41, 5.74) is 0. The van der Waals surface area contributed by atoms with Gasteiger partial charge in [0.15, 0.2) is 0 Å². The molecule has 2 fully saturated rings. The number of hydrogen-bond donors (Lipinski definition) is 2. The van der Waals surface area contributed by atoms with E-state index in [9.17, 15) is 4.79 Å². The Balaban J connectivity index is 1.56. The van der Waals surface area contributed by atoms with Crippen LogP contribution in [-0.2, 0) is 4.79 Å². The third kappa shape index (κ3) is 5.52. The van der Waals surface area contributed by atoms with Gasteiger partial charge in [-0.2, -0.15) is 0 Å². The van der Waals surface area contributed by atoms with Gasteiger partial charge >= 0.3 is 0 Å².